The molecule has 31 heavy (non-hydrogen) atoms. The van der Waals surface area contributed by atoms with E-state index in [0.717, 1.165) is 33.8 Å². The Labute approximate surface area is 181 Å². The first kappa shape index (κ1) is 20.7. The Morgan fingerprint density at radius 3 is 2.45 bits per heavy atom. The third kappa shape index (κ3) is 3.56. The minimum Gasteiger partial charge on any atom is -0.496 e. The molecule has 2 aromatic carbocycles. The van der Waals surface area contributed by atoms with Crippen LogP contribution < -0.4 is 9.64 Å². The summed E-state index contributed by atoms with van der Waals surface area (Å²) in [6, 6.07) is 15.1. The molecule has 7 nitrogen and oxygen atoms in total. The molecule has 1 unspecified atom stereocenters. The van der Waals surface area contributed by atoms with Crippen molar-refractivity contribution in [3.63, 3.8) is 0 Å². The van der Waals surface area contributed by atoms with Gasteiger partial charge in [-0.05, 0) is 23.8 Å². The normalized spacial score (nSPS) is 16.1. The minimum absolute atomic E-state index is 0.143. The maximum atomic E-state index is 13.5. The predicted octanol–water partition coefficient (Wildman–Crippen LogP) is 4.45. The number of fused-ring (bicyclic) bond motifs is 1. The van der Waals surface area contributed by atoms with Crippen LogP contribution in [0.5, 0.6) is 5.75 Å². The quantitative estimate of drug-likeness (QED) is 0.491. The first-order valence-electron chi connectivity index (χ1n) is 10.1. The Balaban J connectivity index is 1.89. The van der Waals surface area contributed by atoms with Crippen molar-refractivity contribution in [2.75, 3.05) is 19.1 Å². The van der Waals surface area contributed by atoms with Crippen LogP contribution in [0.1, 0.15) is 59.7 Å². The highest BCUT2D eigenvalue weighted by atomic mass is 16.6. The molecule has 1 aliphatic rings. The fourth-order valence-corrected chi connectivity index (χ4v) is 4.00. The zero-order chi connectivity index (χ0) is 22.2. The number of benzene rings is 2. The van der Waals surface area contributed by atoms with Crippen molar-refractivity contribution in [1.82, 2.24) is 10.2 Å². The SMILES string of the molecule is CO/N=C/c1ccc(N2C(=O)c3n[nH]c(C(C)(C)C)c3C2c2ccccc2OC)cc1. The van der Waals surface area contributed by atoms with E-state index in [1.54, 1.807) is 18.2 Å². The number of hydrogen-bond donors (Lipinski definition) is 1. The van der Waals surface area contributed by atoms with Crippen molar-refractivity contribution >= 4 is 17.8 Å². The number of carbonyl (C=O) groups excluding carboxylic acids is 1. The number of aromatic amines is 1. The van der Waals surface area contributed by atoms with E-state index in [-0.39, 0.29) is 17.4 Å². The second-order valence-electron chi connectivity index (χ2n) is 8.44. The standard InChI is InChI=1S/C24H26N4O3/c1-24(2,3)22-19-20(26-27-22)23(29)28(16-12-10-15(11-13-16)14-25-31-5)21(19)17-8-6-7-9-18(17)30-4/h6-14,21H,1-5H3,(H,26,27)/b25-14+. The molecule has 4 rings (SSSR count). The molecule has 0 spiro atoms. The van der Waals surface area contributed by atoms with E-state index in [2.05, 4.69) is 36.1 Å². The summed E-state index contributed by atoms with van der Waals surface area (Å²) in [5.41, 5.74) is 4.63. The van der Waals surface area contributed by atoms with E-state index >= 15 is 0 Å². The number of ether oxygens (including phenoxy) is 1. The maximum Gasteiger partial charge on any atom is 0.280 e. The Bertz CT molecular complexity index is 1130. The number of hydrogen-bond acceptors (Lipinski definition) is 5. The van der Waals surface area contributed by atoms with Crippen molar-refractivity contribution in [3.05, 3.63) is 76.6 Å². The molecule has 1 atom stereocenters. The summed E-state index contributed by atoms with van der Waals surface area (Å²) >= 11 is 0. The Kier molecular flexibility index (Phi) is 5.27. The lowest BCUT2D eigenvalue weighted by Gasteiger charge is -2.29. The third-order valence-corrected chi connectivity index (χ3v) is 5.42. The highest BCUT2D eigenvalue weighted by Crippen LogP contribution is 2.47. The molecule has 0 saturated carbocycles. The highest BCUT2D eigenvalue weighted by molar-refractivity contribution is 6.11. The van der Waals surface area contributed by atoms with E-state index in [9.17, 15) is 4.79 Å². The third-order valence-electron chi connectivity index (χ3n) is 5.42. The second-order valence-corrected chi connectivity index (χ2v) is 8.44. The van der Waals surface area contributed by atoms with Crippen LogP contribution in [0.2, 0.25) is 0 Å². The Morgan fingerprint density at radius 1 is 1.10 bits per heavy atom. The van der Waals surface area contributed by atoms with Gasteiger partial charge < -0.3 is 9.57 Å². The number of aromatic nitrogens is 2. The molecule has 0 radical (unpaired) electrons. The Hall–Kier alpha value is -3.61. The molecule has 2 heterocycles. The number of nitrogens with one attached hydrogen (secondary N) is 1. The number of anilines is 1. The van der Waals surface area contributed by atoms with Gasteiger partial charge in [0.25, 0.3) is 5.91 Å². The van der Waals surface area contributed by atoms with Gasteiger partial charge in [0.15, 0.2) is 5.69 Å². The number of methoxy groups -OCH3 is 1. The molecule has 1 aromatic heterocycles. The van der Waals surface area contributed by atoms with Gasteiger partial charge in [-0.15, -0.1) is 0 Å². The molecular formula is C24H26N4O3. The van der Waals surface area contributed by atoms with Gasteiger partial charge in [0, 0.05) is 27.9 Å². The molecular weight excluding hydrogens is 392 g/mol. The zero-order valence-electron chi connectivity index (χ0n) is 18.3. The van der Waals surface area contributed by atoms with Gasteiger partial charge in [-0.3, -0.25) is 14.8 Å². The van der Waals surface area contributed by atoms with E-state index in [0.29, 0.717) is 5.69 Å². The average molecular weight is 418 g/mol. The Morgan fingerprint density at radius 2 is 1.81 bits per heavy atom. The number of nitrogens with zero attached hydrogens (tertiary/aromatic N) is 3. The number of carbonyl (C=O) groups is 1. The molecule has 1 N–H and O–H groups in total. The van der Waals surface area contributed by atoms with Gasteiger partial charge in [0.2, 0.25) is 0 Å². The molecule has 7 heteroatoms. The van der Waals surface area contributed by atoms with Crippen molar-refractivity contribution in [2.24, 2.45) is 5.16 Å². The van der Waals surface area contributed by atoms with Gasteiger partial charge in [0.05, 0.1) is 19.4 Å². The van der Waals surface area contributed by atoms with Crippen LogP contribution in [-0.4, -0.2) is 36.5 Å². The monoisotopic (exact) mass is 418 g/mol. The van der Waals surface area contributed by atoms with Gasteiger partial charge in [0.1, 0.15) is 12.9 Å². The summed E-state index contributed by atoms with van der Waals surface area (Å²) in [7, 11) is 3.14. The summed E-state index contributed by atoms with van der Waals surface area (Å²) < 4.78 is 5.66. The molecule has 160 valence electrons. The van der Waals surface area contributed by atoms with Crippen molar-refractivity contribution < 1.29 is 14.4 Å². The van der Waals surface area contributed by atoms with Crippen LogP contribution in [0.15, 0.2) is 53.7 Å². The molecule has 0 bridgehead atoms. The average Bonchev–Trinajstić information content (AvgIpc) is 3.32. The van der Waals surface area contributed by atoms with E-state index in [1.807, 2.05) is 48.5 Å². The molecule has 3 aromatic rings. The summed E-state index contributed by atoms with van der Waals surface area (Å²) in [6.07, 6.45) is 1.62. The van der Waals surface area contributed by atoms with Crippen molar-refractivity contribution in [1.29, 1.82) is 0 Å². The van der Waals surface area contributed by atoms with Gasteiger partial charge >= 0.3 is 0 Å². The number of oxime groups is 1. The number of rotatable bonds is 5. The lowest BCUT2D eigenvalue weighted by atomic mass is 9.85. The van der Waals surface area contributed by atoms with Crippen molar-refractivity contribution in [2.45, 2.75) is 32.2 Å². The van der Waals surface area contributed by atoms with Gasteiger partial charge in [-0.25, -0.2) is 0 Å². The lowest BCUT2D eigenvalue weighted by molar-refractivity contribution is 0.0988. The first-order chi connectivity index (χ1) is 14.9. The number of para-hydroxylation sites is 1. The van der Waals surface area contributed by atoms with Crippen molar-refractivity contribution in [3.8, 4) is 5.75 Å². The molecule has 0 fully saturated rings. The molecule has 0 aliphatic carbocycles. The number of H-pyrrole nitrogens is 1. The van der Waals surface area contributed by atoms with Crippen LogP contribution in [0.3, 0.4) is 0 Å². The van der Waals surface area contributed by atoms with Crippen LogP contribution >= 0.6 is 0 Å². The van der Waals surface area contributed by atoms with Gasteiger partial charge in [-0.1, -0.05) is 56.3 Å². The topological polar surface area (TPSA) is 79.8 Å². The second kappa shape index (κ2) is 7.91. The fraction of sp³-hybridized carbons (Fsp3) is 0.292. The molecule has 1 aliphatic heterocycles. The van der Waals surface area contributed by atoms with Crippen LogP contribution in [0.4, 0.5) is 5.69 Å². The van der Waals surface area contributed by atoms with Gasteiger partial charge in [-0.2, -0.15) is 5.10 Å². The van der Waals surface area contributed by atoms with Crippen LogP contribution in [0, 0.1) is 0 Å². The predicted molar refractivity (Wildman–Crippen MR) is 120 cm³/mol. The van der Waals surface area contributed by atoms with Crippen LogP contribution in [-0.2, 0) is 10.3 Å². The van der Waals surface area contributed by atoms with E-state index < -0.39 is 0 Å². The molecule has 0 saturated heterocycles. The van der Waals surface area contributed by atoms with Crippen LogP contribution in [0.25, 0.3) is 0 Å². The van der Waals surface area contributed by atoms with E-state index in [1.165, 1.54) is 7.11 Å². The smallest absolute Gasteiger partial charge is 0.280 e. The minimum atomic E-state index is -0.356. The first-order valence-corrected chi connectivity index (χ1v) is 10.1. The maximum absolute atomic E-state index is 13.5. The zero-order valence-corrected chi connectivity index (χ0v) is 18.3. The fourth-order valence-electron chi connectivity index (χ4n) is 4.00. The summed E-state index contributed by atoms with van der Waals surface area (Å²) in [4.78, 5) is 20.1. The highest BCUT2D eigenvalue weighted by Gasteiger charge is 2.45. The summed E-state index contributed by atoms with van der Waals surface area (Å²) in [6.45, 7) is 6.32. The summed E-state index contributed by atoms with van der Waals surface area (Å²) in [5.74, 6) is 0.582. The molecule has 1 amide bonds. The number of amides is 1. The van der Waals surface area contributed by atoms with E-state index in [4.69, 9.17) is 9.57 Å². The lowest BCUT2D eigenvalue weighted by Crippen LogP contribution is -2.30. The largest absolute Gasteiger partial charge is 0.496 e. The summed E-state index contributed by atoms with van der Waals surface area (Å²) in [5, 5.41) is 11.3.